The number of hydrogen-bond donors (Lipinski definition) is 1. The number of hydrogen-bond acceptors (Lipinski definition) is 5. The summed E-state index contributed by atoms with van der Waals surface area (Å²) in [5, 5.41) is 3.70. The maximum atomic E-state index is 13.2. The number of halogens is 2. The molecule has 34 heavy (non-hydrogen) atoms. The molecule has 3 aromatic carbocycles. The maximum Gasteiger partial charge on any atom is 0.194 e. The van der Waals surface area contributed by atoms with Crippen molar-refractivity contribution in [2.24, 2.45) is 0 Å². The fourth-order valence-electron chi connectivity index (χ4n) is 3.80. The molecule has 1 N–H and O–H groups in total. The highest BCUT2D eigenvalue weighted by molar-refractivity contribution is 9.10. The van der Waals surface area contributed by atoms with Crippen LogP contribution >= 0.6 is 27.5 Å². The topological polar surface area (TPSA) is 56.8 Å². The standard InChI is InChI=1S/C27H27BrClNO4/c1-18-16-20(32-14-15-34-26-8-4-5-13-33-26)10-12-21(18)27(31)22-11-9-19(17-24(22)29)30-25-7-3-2-6-23(25)28/h2-3,6-7,9-12,16-17,26,30H,4-5,8,13-15H2,1H3. The third-order valence-electron chi connectivity index (χ3n) is 5.60. The highest BCUT2D eigenvalue weighted by Gasteiger charge is 2.17. The first-order valence-corrected chi connectivity index (χ1v) is 12.5. The number of carbonyl (C=O) groups excluding carboxylic acids is 1. The lowest BCUT2D eigenvalue weighted by Crippen LogP contribution is -2.24. The van der Waals surface area contributed by atoms with Crippen LogP contribution in [0.1, 0.15) is 40.7 Å². The Kier molecular flexibility index (Phi) is 8.62. The van der Waals surface area contributed by atoms with E-state index in [4.69, 9.17) is 25.8 Å². The van der Waals surface area contributed by atoms with Gasteiger partial charge in [-0.15, -0.1) is 0 Å². The van der Waals surface area contributed by atoms with Crippen molar-refractivity contribution in [3.63, 3.8) is 0 Å². The second-order valence-corrected chi connectivity index (χ2v) is 9.38. The van der Waals surface area contributed by atoms with Crippen LogP contribution in [0.2, 0.25) is 5.02 Å². The first kappa shape index (κ1) is 24.7. The van der Waals surface area contributed by atoms with Crippen LogP contribution in [0.4, 0.5) is 11.4 Å². The first-order valence-electron chi connectivity index (χ1n) is 11.3. The average molecular weight is 545 g/mol. The van der Waals surface area contributed by atoms with E-state index in [9.17, 15) is 4.79 Å². The lowest BCUT2D eigenvalue weighted by Gasteiger charge is -2.22. The Bertz CT molecular complexity index is 1150. The molecule has 0 radical (unpaired) electrons. The van der Waals surface area contributed by atoms with Gasteiger partial charge in [0.2, 0.25) is 0 Å². The zero-order valence-electron chi connectivity index (χ0n) is 19.0. The van der Waals surface area contributed by atoms with Gasteiger partial charge in [-0.25, -0.2) is 0 Å². The lowest BCUT2D eigenvalue weighted by molar-refractivity contribution is -0.165. The van der Waals surface area contributed by atoms with Gasteiger partial charge in [-0.05, 0) is 96.2 Å². The minimum absolute atomic E-state index is 0.125. The molecule has 1 saturated heterocycles. The van der Waals surface area contributed by atoms with Crippen LogP contribution in [0.25, 0.3) is 0 Å². The normalized spacial score (nSPS) is 15.7. The van der Waals surface area contributed by atoms with Gasteiger partial charge in [0.1, 0.15) is 12.4 Å². The van der Waals surface area contributed by atoms with Crippen molar-refractivity contribution in [2.75, 3.05) is 25.1 Å². The van der Waals surface area contributed by atoms with Gasteiger partial charge in [0.15, 0.2) is 12.1 Å². The molecule has 1 unspecified atom stereocenters. The van der Waals surface area contributed by atoms with Crippen LogP contribution in [-0.2, 0) is 9.47 Å². The van der Waals surface area contributed by atoms with Gasteiger partial charge in [-0.2, -0.15) is 0 Å². The third kappa shape index (κ3) is 6.39. The Morgan fingerprint density at radius 3 is 2.65 bits per heavy atom. The predicted octanol–water partition coefficient (Wildman–Crippen LogP) is 7.31. The number of benzene rings is 3. The molecule has 3 aromatic rings. The van der Waals surface area contributed by atoms with E-state index in [2.05, 4.69) is 21.2 Å². The highest BCUT2D eigenvalue weighted by atomic mass is 79.9. The number of ether oxygens (including phenoxy) is 3. The molecule has 0 saturated carbocycles. The van der Waals surface area contributed by atoms with Crippen LogP contribution in [0.15, 0.2) is 65.1 Å². The molecular formula is C27H27BrClNO4. The highest BCUT2D eigenvalue weighted by Crippen LogP contribution is 2.30. The monoisotopic (exact) mass is 543 g/mol. The summed E-state index contributed by atoms with van der Waals surface area (Å²) in [5.41, 5.74) is 3.59. The SMILES string of the molecule is Cc1cc(OCCOC2CCCCO2)ccc1C(=O)c1ccc(Nc2ccccc2Br)cc1Cl. The summed E-state index contributed by atoms with van der Waals surface area (Å²) in [6.07, 6.45) is 3.03. The summed E-state index contributed by atoms with van der Waals surface area (Å²) >= 11 is 10.0. The molecule has 0 aromatic heterocycles. The van der Waals surface area contributed by atoms with Gasteiger partial charge in [-0.1, -0.05) is 23.7 Å². The van der Waals surface area contributed by atoms with E-state index < -0.39 is 0 Å². The molecule has 0 bridgehead atoms. The molecule has 1 heterocycles. The van der Waals surface area contributed by atoms with E-state index in [-0.39, 0.29) is 12.1 Å². The minimum Gasteiger partial charge on any atom is -0.491 e. The number of para-hydroxylation sites is 1. The largest absolute Gasteiger partial charge is 0.491 e. The van der Waals surface area contributed by atoms with Crippen LogP contribution in [0, 0.1) is 6.92 Å². The fraction of sp³-hybridized carbons (Fsp3) is 0.296. The molecule has 1 fully saturated rings. The van der Waals surface area contributed by atoms with Crippen LogP contribution in [-0.4, -0.2) is 31.9 Å². The molecule has 5 nitrogen and oxygen atoms in total. The van der Waals surface area contributed by atoms with Crippen LogP contribution in [0.3, 0.4) is 0 Å². The molecule has 0 amide bonds. The molecule has 1 atom stereocenters. The van der Waals surface area contributed by atoms with Gasteiger partial charge in [0.25, 0.3) is 0 Å². The lowest BCUT2D eigenvalue weighted by atomic mass is 9.98. The average Bonchev–Trinajstić information content (AvgIpc) is 2.84. The predicted molar refractivity (Wildman–Crippen MR) is 139 cm³/mol. The van der Waals surface area contributed by atoms with E-state index in [0.717, 1.165) is 47.3 Å². The molecule has 1 aliphatic rings. The summed E-state index contributed by atoms with van der Waals surface area (Å²) in [6.45, 7) is 3.53. The Labute approximate surface area is 213 Å². The van der Waals surface area contributed by atoms with Crippen LogP contribution in [0.5, 0.6) is 5.75 Å². The maximum absolute atomic E-state index is 13.2. The summed E-state index contributed by atoms with van der Waals surface area (Å²) in [5.74, 6) is 0.570. The number of rotatable bonds is 9. The van der Waals surface area contributed by atoms with Gasteiger partial charge in [0, 0.05) is 27.9 Å². The molecule has 4 rings (SSSR count). The van der Waals surface area contributed by atoms with E-state index in [1.807, 2.05) is 43.3 Å². The quantitative estimate of drug-likeness (QED) is 0.226. The van der Waals surface area contributed by atoms with Crippen molar-refractivity contribution in [2.45, 2.75) is 32.5 Å². The second-order valence-electron chi connectivity index (χ2n) is 8.12. The number of ketones is 1. The Balaban J connectivity index is 1.37. The molecule has 0 aliphatic carbocycles. The number of anilines is 2. The van der Waals surface area contributed by atoms with Gasteiger partial charge < -0.3 is 19.5 Å². The van der Waals surface area contributed by atoms with Crippen molar-refractivity contribution in [3.8, 4) is 5.75 Å². The van der Waals surface area contributed by atoms with Crippen molar-refractivity contribution >= 4 is 44.7 Å². The van der Waals surface area contributed by atoms with Crippen molar-refractivity contribution < 1.29 is 19.0 Å². The van der Waals surface area contributed by atoms with E-state index >= 15 is 0 Å². The smallest absolute Gasteiger partial charge is 0.194 e. The third-order valence-corrected chi connectivity index (χ3v) is 6.61. The zero-order chi connectivity index (χ0) is 23.9. The zero-order valence-corrected chi connectivity index (χ0v) is 21.3. The summed E-state index contributed by atoms with van der Waals surface area (Å²) in [4.78, 5) is 13.2. The van der Waals surface area contributed by atoms with E-state index in [1.54, 1.807) is 24.3 Å². The van der Waals surface area contributed by atoms with E-state index in [1.165, 1.54) is 0 Å². The fourth-order valence-corrected chi connectivity index (χ4v) is 4.45. The van der Waals surface area contributed by atoms with Crippen molar-refractivity contribution in [3.05, 3.63) is 86.8 Å². The van der Waals surface area contributed by atoms with E-state index in [0.29, 0.717) is 35.1 Å². The Hall–Kier alpha value is -2.38. The number of aryl methyl sites for hydroxylation is 1. The molecule has 0 spiro atoms. The summed E-state index contributed by atoms with van der Waals surface area (Å²) in [7, 11) is 0. The molecular weight excluding hydrogens is 518 g/mol. The van der Waals surface area contributed by atoms with Gasteiger partial charge >= 0.3 is 0 Å². The first-order chi connectivity index (χ1) is 16.5. The summed E-state index contributed by atoms with van der Waals surface area (Å²) < 4.78 is 18.0. The minimum atomic E-state index is -0.126. The summed E-state index contributed by atoms with van der Waals surface area (Å²) in [6, 6.07) is 18.6. The van der Waals surface area contributed by atoms with Gasteiger partial charge in [0.05, 0.1) is 17.3 Å². The Morgan fingerprint density at radius 2 is 1.91 bits per heavy atom. The van der Waals surface area contributed by atoms with Crippen LogP contribution < -0.4 is 10.1 Å². The Morgan fingerprint density at radius 1 is 1.09 bits per heavy atom. The molecule has 1 aliphatic heterocycles. The molecule has 7 heteroatoms. The number of carbonyl (C=O) groups is 1. The second kappa shape index (κ2) is 11.8. The van der Waals surface area contributed by atoms with Crippen molar-refractivity contribution in [1.29, 1.82) is 0 Å². The number of nitrogens with one attached hydrogen (secondary N) is 1. The van der Waals surface area contributed by atoms with Crippen molar-refractivity contribution in [1.82, 2.24) is 0 Å². The molecule has 178 valence electrons. The van der Waals surface area contributed by atoms with Gasteiger partial charge in [-0.3, -0.25) is 4.79 Å².